The van der Waals surface area contributed by atoms with Crippen LogP contribution in [0, 0.1) is 5.41 Å². The molecule has 0 radical (unpaired) electrons. The van der Waals surface area contributed by atoms with E-state index >= 15 is 0 Å². The number of rotatable bonds is 8. The maximum absolute atomic E-state index is 11.0. The molecule has 0 spiro atoms. The first kappa shape index (κ1) is 19.2. The standard InChI is InChI=1S/C16H21Cl2N2OP/c1-4-8-16(2,11-22)15(7-9-21)19-20(3)14-6-5-12(17)10-13(14)18/h4-6,9-10H,1,7-8,11,22H2,2-3H3/b19-15+. The first-order valence-electron chi connectivity index (χ1n) is 6.89. The number of nitrogens with zero attached hydrogens (tertiary/aromatic N) is 2. The van der Waals surface area contributed by atoms with Gasteiger partial charge in [0.1, 0.15) is 6.29 Å². The fraction of sp³-hybridized carbons (Fsp3) is 0.375. The molecule has 1 rings (SSSR count). The van der Waals surface area contributed by atoms with Gasteiger partial charge in [-0.15, -0.1) is 15.8 Å². The van der Waals surface area contributed by atoms with Crippen LogP contribution >= 0.6 is 32.4 Å². The highest BCUT2D eigenvalue weighted by atomic mass is 35.5. The van der Waals surface area contributed by atoms with Gasteiger partial charge in [0.25, 0.3) is 0 Å². The van der Waals surface area contributed by atoms with Crippen LogP contribution < -0.4 is 5.01 Å². The Bertz CT molecular complexity index is 577. The van der Waals surface area contributed by atoms with E-state index in [9.17, 15) is 4.79 Å². The van der Waals surface area contributed by atoms with Crippen LogP contribution in [0.25, 0.3) is 0 Å². The minimum atomic E-state index is -0.236. The maximum Gasteiger partial charge on any atom is 0.125 e. The van der Waals surface area contributed by atoms with Crippen LogP contribution in [0.4, 0.5) is 5.69 Å². The van der Waals surface area contributed by atoms with Crippen LogP contribution in [0.15, 0.2) is 36.0 Å². The van der Waals surface area contributed by atoms with E-state index in [1.54, 1.807) is 30.3 Å². The molecule has 22 heavy (non-hydrogen) atoms. The number of aldehydes is 1. The molecule has 0 aliphatic rings. The molecule has 1 aromatic carbocycles. The van der Waals surface area contributed by atoms with Crippen molar-refractivity contribution in [2.24, 2.45) is 10.5 Å². The zero-order chi connectivity index (χ0) is 16.8. The van der Waals surface area contributed by atoms with E-state index in [1.807, 2.05) is 6.08 Å². The van der Waals surface area contributed by atoms with Crippen molar-refractivity contribution in [1.29, 1.82) is 0 Å². The van der Waals surface area contributed by atoms with Gasteiger partial charge >= 0.3 is 0 Å². The van der Waals surface area contributed by atoms with Gasteiger partial charge in [0, 0.05) is 23.9 Å². The lowest BCUT2D eigenvalue weighted by Crippen LogP contribution is -2.32. The van der Waals surface area contributed by atoms with Crippen LogP contribution in [0.3, 0.4) is 0 Å². The number of anilines is 1. The molecule has 120 valence electrons. The zero-order valence-corrected chi connectivity index (χ0v) is 15.5. The van der Waals surface area contributed by atoms with Gasteiger partial charge in [0.05, 0.1) is 16.4 Å². The van der Waals surface area contributed by atoms with Crippen molar-refractivity contribution < 1.29 is 4.79 Å². The van der Waals surface area contributed by atoms with Gasteiger partial charge in [0.15, 0.2) is 0 Å². The van der Waals surface area contributed by atoms with Crippen LogP contribution in [0.2, 0.25) is 10.0 Å². The average molecular weight is 359 g/mol. The molecule has 0 aliphatic heterocycles. The first-order chi connectivity index (χ1) is 10.4. The second-order valence-electron chi connectivity index (χ2n) is 5.29. The van der Waals surface area contributed by atoms with Gasteiger partial charge < -0.3 is 4.79 Å². The molecule has 0 fully saturated rings. The number of carbonyl (C=O) groups excluding carboxylic acids is 1. The molecular weight excluding hydrogens is 338 g/mol. The molecule has 0 N–H and O–H groups in total. The lowest BCUT2D eigenvalue weighted by Gasteiger charge is -2.29. The quantitative estimate of drug-likeness (QED) is 0.219. The molecule has 0 aromatic heterocycles. The molecule has 3 nitrogen and oxygen atoms in total. The topological polar surface area (TPSA) is 32.7 Å². The molecule has 1 aromatic rings. The van der Waals surface area contributed by atoms with E-state index in [1.165, 1.54) is 0 Å². The van der Waals surface area contributed by atoms with Crippen molar-refractivity contribution in [2.45, 2.75) is 19.8 Å². The largest absolute Gasteiger partial charge is 0.303 e. The number of carbonyl (C=O) groups is 1. The van der Waals surface area contributed by atoms with Crippen molar-refractivity contribution in [1.82, 2.24) is 0 Å². The summed E-state index contributed by atoms with van der Waals surface area (Å²) in [6, 6.07) is 5.23. The van der Waals surface area contributed by atoms with Crippen LogP contribution in [0.5, 0.6) is 0 Å². The summed E-state index contributed by atoms with van der Waals surface area (Å²) in [5, 5.41) is 7.38. The summed E-state index contributed by atoms with van der Waals surface area (Å²) >= 11 is 12.1. The number of halogens is 2. The third kappa shape index (κ3) is 4.81. The molecule has 0 saturated carbocycles. The molecule has 0 heterocycles. The summed E-state index contributed by atoms with van der Waals surface area (Å²) in [7, 11) is 4.52. The van der Waals surface area contributed by atoms with E-state index in [2.05, 4.69) is 27.8 Å². The lowest BCUT2D eigenvalue weighted by molar-refractivity contribution is -0.106. The predicted molar refractivity (Wildman–Crippen MR) is 100 cm³/mol. The number of allylic oxidation sites excluding steroid dienone is 1. The fourth-order valence-electron chi connectivity index (χ4n) is 2.10. The highest BCUT2D eigenvalue weighted by Gasteiger charge is 2.28. The monoisotopic (exact) mass is 358 g/mol. The fourth-order valence-corrected chi connectivity index (χ4v) is 3.04. The Kier molecular flexibility index (Phi) is 7.55. The Hall–Kier alpha value is -0.890. The molecule has 0 aliphatic carbocycles. The summed E-state index contributed by atoms with van der Waals surface area (Å²) in [4.78, 5) is 11.0. The van der Waals surface area contributed by atoms with Crippen molar-refractivity contribution in [3.63, 3.8) is 0 Å². The highest BCUT2D eigenvalue weighted by molar-refractivity contribution is 7.16. The first-order valence-corrected chi connectivity index (χ1v) is 8.46. The summed E-state index contributed by atoms with van der Waals surface area (Å²) in [6.07, 6.45) is 4.52. The third-order valence-corrected chi connectivity index (χ3v) is 4.99. The molecule has 0 amide bonds. The second-order valence-corrected chi connectivity index (χ2v) is 6.55. The van der Waals surface area contributed by atoms with Crippen LogP contribution in [-0.2, 0) is 4.79 Å². The summed E-state index contributed by atoms with van der Waals surface area (Å²) in [5.74, 6) is 0. The third-order valence-electron chi connectivity index (χ3n) is 3.55. The van der Waals surface area contributed by atoms with Crippen LogP contribution in [-0.4, -0.2) is 25.2 Å². The van der Waals surface area contributed by atoms with E-state index in [-0.39, 0.29) is 11.8 Å². The van der Waals surface area contributed by atoms with E-state index in [0.717, 1.165) is 30.3 Å². The van der Waals surface area contributed by atoms with E-state index in [4.69, 9.17) is 23.2 Å². The van der Waals surface area contributed by atoms with Crippen molar-refractivity contribution >= 4 is 50.1 Å². The average Bonchev–Trinajstić information content (AvgIpc) is 2.46. The summed E-state index contributed by atoms with van der Waals surface area (Å²) in [6.45, 7) is 5.87. The Labute approximate surface area is 144 Å². The van der Waals surface area contributed by atoms with E-state index < -0.39 is 0 Å². The minimum absolute atomic E-state index is 0.236. The van der Waals surface area contributed by atoms with Crippen molar-refractivity contribution in [3.8, 4) is 0 Å². The minimum Gasteiger partial charge on any atom is -0.303 e. The maximum atomic E-state index is 11.0. The Morgan fingerprint density at radius 3 is 2.68 bits per heavy atom. The summed E-state index contributed by atoms with van der Waals surface area (Å²) < 4.78 is 0. The Morgan fingerprint density at radius 1 is 1.50 bits per heavy atom. The van der Waals surface area contributed by atoms with Crippen molar-refractivity contribution in [3.05, 3.63) is 40.9 Å². The predicted octanol–water partition coefficient (Wildman–Crippen LogP) is 4.83. The molecule has 2 unspecified atom stereocenters. The number of hydrazone groups is 1. The molecule has 0 saturated heterocycles. The highest BCUT2D eigenvalue weighted by Crippen LogP contribution is 2.31. The SMILES string of the molecule is C=CCC(C)(CP)/C(CC=O)=N/N(C)c1ccc(Cl)cc1Cl. The van der Waals surface area contributed by atoms with Gasteiger partial charge in [-0.2, -0.15) is 5.10 Å². The smallest absolute Gasteiger partial charge is 0.125 e. The van der Waals surface area contributed by atoms with Gasteiger partial charge in [-0.05, 0) is 30.8 Å². The molecule has 6 heteroatoms. The second kappa shape index (κ2) is 8.67. The van der Waals surface area contributed by atoms with Crippen molar-refractivity contribution in [2.75, 3.05) is 18.2 Å². The van der Waals surface area contributed by atoms with Gasteiger partial charge in [0.2, 0.25) is 0 Å². The number of hydrogen-bond donors (Lipinski definition) is 0. The molecule has 2 atom stereocenters. The Balaban J connectivity index is 3.21. The van der Waals surface area contributed by atoms with Crippen LogP contribution in [0.1, 0.15) is 19.8 Å². The normalized spacial score (nSPS) is 14.3. The molecule has 0 bridgehead atoms. The number of benzene rings is 1. The molecular formula is C16H21Cl2N2OP. The lowest BCUT2D eigenvalue weighted by atomic mass is 9.82. The van der Waals surface area contributed by atoms with Gasteiger partial charge in [-0.3, -0.25) is 5.01 Å². The van der Waals surface area contributed by atoms with Gasteiger partial charge in [-0.1, -0.05) is 36.2 Å². The zero-order valence-electron chi connectivity index (χ0n) is 12.9. The van der Waals surface area contributed by atoms with E-state index in [0.29, 0.717) is 10.0 Å². The summed E-state index contributed by atoms with van der Waals surface area (Å²) in [5.41, 5.74) is 1.30. The Morgan fingerprint density at radius 2 is 2.18 bits per heavy atom. The number of hydrogen-bond acceptors (Lipinski definition) is 3. The van der Waals surface area contributed by atoms with Gasteiger partial charge in [-0.25, -0.2) is 0 Å².